The van der Waals surface area contributed by atoms with Gasteiger partial charge in [0.15, 0.2) is 24.0 Å². The van der Waals surface area contributed by atoms with Crippen LogP contribution in [0.25, 0.3) is 0 Å². The molecule has 2 rings (SSSR count). The van der Waals surface area contributed by atoms with Crippen molar-refractivity contribution >= 4 is 11.7 Å². The maximum Gasteiger partial charge on any atom is 0.263 e. The van der Waals surface area contributed by atoms with Gasteiger partial charge in [-0.1, -0.05) is 0 Å². The first-order valence-electron chi connectivity index (χ1n) is 4.30. The van der Waals surface area contributed by atoms with E-state index in [2.05, 4.69) is 10.3 Å². The molecule has 0 saturated carbocycles. The molecule has 1 amide bonds. The Bertz CT molecular complexity index is 434. The SMILES string of the molecule is COc1nc2c(c(C)c1F)OCC(=O)N2. The lowest BCUT2D eigenvalue weighted by atomic mass is 10.2. The zero-order valence-electron chi connectivity index (χ0n) is 8.26. The van der Waals surface area contributed by atoms with E-state index in [1.807, 2.05) is 0 Å². The smallest absolute Gasteiger partial charge is 0.263 e. The standard InChI is InChI=1S/C9H9FN2O3/c1-4-6(10)9(14-2)12-8-7(4)15-3-5(13)11-8/h3H2,1-2H3,(H,11,12,13). The van der Waals surface area contributed by atoms with Crippen LogP contribution in [0, 0.1) is 12.7 Å². The predicted molar refractivity (Wildman–Crippen MR) is 49.6 cm³/mol. The maximum absolute atomic E-state index is 13.5. The molecule has 80 valence electrons. The number of aromatic nitrogens is 1. The van der Waals surface area contributed by atoms with Crippen LogP contribution in [0.2, 0.25) is 0 Å². The van der Waals surface area contributed by atoms with Gasteiger partial charge in [0.25, 0.3) is 11.8 Å². The van der Waals surface area contributed by atoms with E-state index in [1.165, 1.54) is 14.0 Å². The fourth-order valence-electron chi connectivity index (χ4n) is 1.34. The molecule has 15 heavy (non-hydrogen) atoms. The van der Waals surface area contributed by atoms with Crippen LogP contribution in [0.5, 0.6) is 11.6 Å². The largest absolute Gasteiger partial charge is 0.479 e. The molecule has 2 heterocycles. The Balaban J connectivity index is 2.57. The summed E-state index contributed by atoms with van der Waals surface area (Å²) in [6.07, 6.45) is 0. The molecule has 5 nitrogen and oxygen atoms in total. The van der Waals surface area contributed by atoms with Crippen molar-refractivity contribution in [1.82, 2.24) is 4.98 Å². The average molecular weight is 212 g/mol. The van der Waals surface area contributed by atoms with E-state index in [-0.39, 0.29) is 35.5 Å². The van der Waals surface area contributed by atoms with Gasteiger partial charge in [-0.05, 0) is 6.92 Å². The van der Waals surface area contributed by atoms with Crippen LogP contribution in [0.3, 0.4) is 0 Å². The van der Waals surface area contributed by atoms with Gasteiger partial charge in [0.05, 0.1) is 7.11 Å². The second-order valence-electron chi connectivity index (χ2n) is 3.07. The maximum atomic E-state index is 13.5. The van der Waals surface area contributed by atoms with Gasteiger partial charge < -0.3 is 14.8 Å². The number of pyridine rings is 1. The third-order valence-corrected chi connectivity index (χ3v) is 2.08. The van der Waals surface area contributed by atoms with Gasteiger partial charge in [0.2, 0.25) is 0 Å². The van der Waals surface area contributed by atoms with Gasteiger partial charge in [0.1, 0.15) is 0 Å². The second kappa shape index (κ2) is 3.38. The number of nitrogens with one attached hydrogen (secondary N) is 1. The highest BCUT2D eigenvalue weighted by atomic mass is 19.1. The summed E-state index contributed by atoms with van der Waals surface area (Å²) in [6.45, 7) is 1.41. The molecule has 0 radical (unpaired) electrons. The molecule has 0 fully saturated rings. The van der Waals surface area contributed by atoms with Crippen molar-refractivity contribution in [3.05, 3.63) is 11.4 Å². The van der Waals surface area contributed by atoms with Crippen LogP contribution in [0.1, 0.15) is 5.56 Å². The summed E-state index contributed by atoms with van der Waals surface area (Å²) in [4.78, 5) is 14.8. The minimum atomic E-state index is -0.576. The number of rotatable bonds is 1. The van der Waals surface area contributed by atoms with E-state index >= 15 is 0 Å². The number of hydrogen-bond donors (Lipinski definition) is 1. The van der Waals surface area contributed by atoms with Gasteiger partial charge in [0, 0.05) is 5.56 Å². The number of carbonyl (C=O) groups is 1. The first kappa shape index (κ1) is 9.70. The number of halogens is 1. The van der Waals surface area contributed by atoms with Crippen molar-refractivity contribution in [1.29, 1.82) is 0 Å². The fourth-order valence-corrected chi connectivity index (χ4v) is 1.34. The van der Waals surface area contributed by atoms with E-state index in [1.54, 1.807) is 0 Å². The van der Waals surface area contributed by atoms with Gasteiger partial charge >= 0.3 is 0 Å². The number of carbonyl (C=O) groups excluding carboxylic acids is 1. The molecule has 0 saturated heterocycles. The summed E-state index contributed by atoms with van der Waals surface area (Å²) in [6, 6.07) is 0. The van der Waals surface area contributed by atoms with Crippen molar-refractivity contribution in [2.24, 2.45) is 0 Å². The summed E-state index contributed by atoms with van der Waals surface area (Å²) in [5, 5.41) is 2.48. The summed E-state index contributed by atoms with van der Waals surface area (Å²) in [7, 11) is 1.31. The third-order valence-electron chi connectivity index (χ3n) is 2.08. The van der Waals surface area contributed by atoms with Gasteiger partial charge in [-0.25, -0.2) is 4.39 Å². The number of fused-ring (bicyclic) bond motifs is 1. The number of methoxy groups -OCH3 is 1. The Kier molecular flexibility index (Phi) is 2.18. The molecule has 1 aliphatic rings. The normalized spacial score (nSPS) is 13.9. The van der Waals surface area contributed by atoms with Crippen molar-refractivity contribution in [2.75, 3.05) is 19.0 Å². The Labute approximate surface area is 85.2 Å². The summed E-state index contributed by atoms with van der Waals surface area (Å²) in [5.74, 6) is -0.595. The minimum Gasteiger partial charge on any atom is -0.479 e. The van der Waals surface area contributed by atoms with E-state index in [0.717, 1.165) is 0 Å². The first-order chi connectivity index (χ1) is 7.13. The number of anilines is 1. The quantitative estimate of drug-likeness (QED) is 0.750. The van der Waals surface area contributed by atoms with Crippen LogP contribution in [-0.4, -0.2) is 24.6 Å². The van der Waals surface area contributed by atoms with Crippen LogP contribution in [-0.2, 0) is 4.79 Å². The lowest BCUT2D eigenvalue weighted by Gasteiger charge is -2.19. The monoisotopic (exact) mass is 212 g/mol. The topological polar surface area (TPSA) is 60.5 Å². The van der Waals surface area contributed by atoms with Crippen LogP contribution in [0.15, 0.2) is 0 Å². The minimum absolute atomic E-state index is 0.124. The molecule has 1 aromatic heterocycles. The average Bonchev–Trinajstić information content (AvgIpc) is 2.23. The van der Waals surface area contributed by atoms with Crippen molar-refractivity contribution < 1.29 is 18.7 Å². The summed E-state index contributed by atoms with van der Waals surface area (Å²) in [5.41, 5.74) is 0.275. The summed E-state index contributed by atoms with van der Waals surface area (Å²) < 4.78 is 23.3. The second-order valence-corrected chi connectivity index (χ2v) is 3.07. The Morgan fingerprint density at radius 1 is 1.60 bits per heavy atom. The highest BCUT2D eigenvalue weighted by Crippen LogP contribution is 2.34. The fraction of sp³-hybridized carbons (Fsp3) is 0.333. The van der Waals surface area contributed by atoms with Gasteiger partial charge in [-0.2, -0.15) is 4.98 Å². The Hall–Kier alpha value is -1.85. The van der Waals surface area contributed by atoms with E-state index in [9.17, 15) is 9.18 Å². The van der Waals surface area contributed by atoms with E-state index in [4.69, 9.17) is 9.47 Å². The molecule has 0 aromatic carbocycles. The molecule has 6 heteroatoms. The molecular weight excluding hydrogens is 203 g/mol. The van der Waals surface area contributed by atoms with Gasteiger partial charge in [-0.3, -0.25) is 4.79 Å². The van der Waals surface area contributed by atoms with E-state index < -0.39 is 5.82 Å². The zero-order valence-corrected chi connectivity index (χ0v) is 8.26. The zero-order chi connectivity index (χ0) is 11.0. The van der Waals surface area contributed by atoms with Crippen LogP contribution < -0.4 is 14.8 Å². The molecule has 1 N–H and O–H groups in total. The van der Waals surface area contributed by atoms with Crippen molar-refractivity contribution in [3.63, 3.8) is 0 Å². The number of ether oxygens (including phenoxy) is 2. The number of amides is 1. The summed E-state index contributed by atoms with van der Waals surface area (Å²) >= 11 is 0. The molecular formula is C9H9FN2O3. The molecule has 1 aromatic rings. The third kappa shape index (κ3) is 1.47. The lowest BCUT2D eigenvalue weighted by Crippen LogP contribution is -2.27. The first-order valence-corrected chi connectivity index (χ1v) is 4.30. The molecule has 0 bridgehead atoms. The molecule has 0 aliphatic carbocycles. The number of hydrogen-bond acceptors (Lipinski definition) is 4. The molecule has 1 aliphatic heterocycles. The van der Waals surface area contributed by atoms with Crippen molar-refractivity contribution in [3.8, 4) is 11.6 Å². The highest BCUT2D eigenvalue weighted by molar-refractivity contribution is 5.94. The van der Waals surface area contributed by atoms with E-state index in [0.29, 0.717) is 0 Å². The van der Waals surface area contributed by atoms with Crippen molar-refractivity contribution in [2.45, 2.75) is 6.92 Å². The van der Waals surface area contributed by atoms with Gasteiger partial charge in [-0.15, -0.1) is 0 Å². The Morgan fingerprint density at radius 2 is 2.33 bits per heavy atom. The highest BCUT2D eigenvalue weighted by Gasteiger charge is 2.24. The Morgan fingerprint density at radius 3 is 3.00 bits per heavy atom. The van der Waals surface area contributed by atoms with Crippen LogP contribution >= 0.6 is 0 Å². The number of nitrogens with zero attached hydrogens (tertiary/aromatic N) is 1. The molecule has 0 atom stereocenters. The molecule has 0 unspecified atom stereocenters. The molecule has 0 spiro atoms. The van der Waals surface area contributed by atoms with Crippen LogP contribution in [0.4, 0.5) is 10.2 Å². The predicted octanol–water partition coefficient (Wildman–Crippen LogP) is 0.869. The lowest BCUT2D eigenvalue weighted by molar-refractivity contribution is -0.118.